The van der Waals surface area contributed by atoms with Gasteiger partial charge in [0.05, 0.1) is 22.3 Å². The summed E-state index contributed by atoms with van der Waals surface area (Å²) >= 11 is 1.79. The molecule has 0 aliphatic carbocycles. The van der Waals surface area contributed by atoms with Crippen molar-refractivity contribution in [1.82, 2.24) is 19.5 Å². The molecule has 0 atom stereocenters. The molecule has 5 nitrogen and oxygen atoms in total. The molecule has 0 saturated heterocycles. The zero-order chi connectivity index (χ0) is 37.5. The van der Waals surface area contributed by atoms with Crippen LogP contribution in [-0.2, 0) is 0 Å². The van der Waals surface area contributed by atoms with Crippen molar-refractivity contribution in [3.63, 3.8) is 0 Å². The van der Waals surface area contributed by atoms with Gasteiger partial charge in [-0.15, -0.1) is 11.3 Å². The van der Waals surface area contributed by atoms with E-state index in [4.69, 9.17) is 19.4 Å². The Bertz CT molecular complexity index is 3540. The summed E-state index contributed by atoms with van der Waals surface area (Å²) in [4.78, 5) is 16.0. The molecule has 0 saturated carbocycles. The molecular formula is C51H30N4OS. The quantitative estimate of drug-likeness (QED) is 0.176. The number of aromatic nitrogens is 4. The third-order valence-electron chi connectivity index (χ3n) is 11.1. The van der Waals surface area contributed by atoms with Crippen LogP contribution < -0.4 is 0 Å². The van der Waals surface area contributed by atoms with Crippen LogP contribution in [0.5, 0.6) is 0 Å². The van der Waals surface area contributed by atoms with E-state index in [-0.39, 0.29) is 0 Å². The second kappa shape index (κ2) is 12.6. The van der Waals surface area contributed by atoms with Gasteiger partial charge in [-0.2, -0.15) is 0 Å². The van der Waals surface area contributed by atoms with Crippen molar-refractivity contribution in [2.45, 2.75) is 0 Å². The summed E-state index contributed by atoms with van der Waals surface area (Å²) in [5.74, 6) is 1.75. The number of nitrogens with zero attached hydrogens (tertiary/aromatic N) is 4. The van der Waals surface area contributed by atoms with Crippen molar-refractivity contribution in [3.05, 3.63) is 182 Å². The van der Waals surface area contributed by atoms with E-state index in [0.717, 1.165) is 60.7 Å². The lowest BCUT2D eigenvalue weighted by atomic mass is 10.0. The molecule has 4 heterocycles. The van der Waals surface area contributed by atoms with Gasteiger partial charge >= 0.3 is 0 Å². The van der Waals surface area contributed by atoms with Gasteiger partial charge in [0.25, 0.3) is 0 Å². The van der Waals surface area contributed by atoms with Crippen LogP contribution in [0, 0.1) is 0 Å². The molecule has 0 unspecified atom stereocenters. The Hall–Kier alpha value is -7.41. The van der Waals surface area contributed by atoms with Gasteiger partial charge in [-0.05, 0) is 65.7 Å². The zero-order valence-corrected chi connectivity index (χ0v) is 31.2. The van der Waals surface area contributed by atoms with E-state index < -0.39 is 0 Å². The van der Waals surface area contributed by atoms with Gasteiger partial charge in [-0.25, -0.2) is 15.0 Å². The summed E-state index contributed by atoms with van der Waals surface area (Å²) in [5.41, 5.74) is 9.85. The van der Waals surface area contributed by atoms with Crippen LogP contribution in [0.2, 0.25) is 0 Å². The van der Waals surface area contributed by atoms with Crippen molar-refractivity contribution < 1.29 is 4.42 Å². The Kier molecular flexibility index (Phi) is 7.03. The van der Waals surface area contributed by atoms with Crippen LogP contribution in [0.4, 0.5) is 0 Å². The van der Waals surface area contributed by atoms with Crippen LogP contribution in [0.1, 0.15) is 0 Å². The lowest BCUT2D eigenvalue weighted by Crippen LogP contribution is -2.04. The predicted molar refractivity (Wildman–Crippen MR) is 236 cm³/mol. The first-order valence-corrected chi connectivity index (χ1v) is 19.8. The van der Waals surface area contributed by atoms with E-state index in [9.17, 15) is 0 Å². The minimum absolute atomic E-state index is 0.556. The van der Waals surface area contributed by atoms with Crippen LogP contribution in [0.3, 0.4) is 0 Å². The summed E-state index contributed by atoms with van der Waals surface area (Å²) in [6.45, 7) is 0. The molecular weight excluding hydrogens is 717 g/mol. The first kappa shape index (κ1) is 31.9. The molecule has 0 radical (unpaired) electrons. The molecule has 0 spiro atoms. The topological polar surface area (TPSA) is 56.7 Å². The van der Waals surface area contributed by atoms with E-state index in [2.05, 4.69) is 168 Å². The SMILES string of the molecule is c1ccc(-c2ccc3c(c2)c2ccccc2n3-c2ccccc2-c2nc(-c3cccc4c3oc3ccccc34)nc(-c3cccc4sc5ccccc5c34)n2)cc1. The number of fused-ring (bicyclic) bond motifs is 9. The van der Waals surface area contributed by atoms with Crippen molar-refractivity contribution in [3.8, 4) is 51.0 Å². The van der Waals surface area contributed by atoms with Crippen molar-refractivity contribution in [2.75, 3.05) is 0 Å². The fourth-order valence-electron chi connectivity index (χ4n) is 8.52. The Balaban J connectivity index is 1.14. The molecule has 6 heteroatoms. The predicted octanol–water partition coefficient (Wildman–Crippen LogP) is 13.9. The number of benzene rings is 8. The second-order valence-electron chi connectivity index (χ2n) is 14.3. The average molecular weight is 747 g/mol. The van der Waals surface area contributed by atoms with E-state index in [1.807, 2.05) is 18.2 Å². The van der Waals surface area contributed by atoms with Gasteiger partial charge in [0.1, 0.15) is 11.2 Å². The van der Waals surface area contributed by atoms with E-state index in [0.29, 0.717) is 17.5 Å². The molecule has 4 aromatic heterocycles. The third kappa shape index (κ3) is 4.98. The van der Waals surface area contributed by atoms with Crippen LogP contribution in [0.15, 0.2) is 186 Å². The standard InChI is InChI=1S/C51H30N4OS/c1-2-14-31(15-3-1)32-28-29-43-40(30-32)33-16-4-8-23-41(33)55(43)42-24-9-5-18-36(42)49-52-50(38-21-13-27-46-47(38)37-19-7-11-26-45(37)57-46)54-51(53-49)39-22-12-20-35-34-17-6-10-25-44(34)56-48(35)39/h1-30H. The average Bonchev–Trinajstić information content (AvgIpc) is 3.96. The molecule has 266 valence electrons. The maximum atomic E-state index is 6.56. The Morgan fingerprint density at radius 3 is 1.91 bits per heavy atom. The molecule has 8 aromatic carbocycles. The normalized spacial score (nSPS) is 11.9. The summed E-state index contributed by atoms with van der Waals surface area (Å²) in [7, 11) is 0. The Morgan fingerprint density at radius 2 is 1.02 bits per heavy atom. The minimum Gasteiger partial charge on any atom is -0.455 e. The molecule has 0 amide bonds. The number of rotatable bonds is 5. The van der Waals surface area contributed by atoms with E-state index >= 15 is 0 Å². The van der Waals surface area contributed by atoms with Crippen LogP contribution in [-0.4, -0.2) is 19.5 Å². The zero-order valence-electron chi connectivity index (χ0n) is 30.4. The summed E-state index contributed by atoms with van der Waals surface area (Å²) in [6.07, 6.45) is 0. The van der Waals surface area contributed by atoms with E-state index in [1.165, 1.54) is 36.7 Å². The van der Waals surface area contributed by atoms with Crippen molar-refractivity contribution in [2.24, 2.45) is 0 Å². The molecule has 12 rings (SSSR count). The maximum Gasteiger partial charge on any atom is 0.167 e. The largest absolute Gasteiger partial charge is 0.455 e. The summed E-state index contributed by atoms with van der Waals surface area (Å²) in [5, 5.41) is 6.80. The molecule has 0 fully saturated rings. The van der Waals surface area contributed by atoms with Crippen molar-refractivity contribution >= 4 is 75.3 Å². The monoisotopic (exact) mass is 746 g/mol. The van der Waals surface area contributed by atoms with Crippen molar-refractivity contribution in [1.29, 1.82) is 0 Å². The maximum absolute atomic E-state index is 6.56. The number of thiophene rings is 1. The first-order chi connectivity index (χ1) is 28.3. The van der Waals surface area contributed by atoms with Gasteiger partial charge in [-0.3, -0.25) is 0 Å². The molecule has 0 N–H and O–H groups in total. The van der Waals surface area contributed by atoms with Gasteiger partial charge in [-0.1, -0.05) is 127 Å². The summed E-state index contributed by atoms with van der Waals surface area (Å²) < 4.78 is 11.3. The van der Waals surface area contributed by atoms with Gasteiger partial charge < -0.3 is 8.98 Å². The first-order valence-electron chi connectivity index (χ1n) is 19.0. The molecule has 57 heavy (non-hydrogen) atoms. The van der Waals surface area contributed by atoms with Gasteiger partial charge in [0.15, 0.2) is 17.5 Å². The van der Waals surface area contributed by atoms with E-state index in [1.54, 1.807) is 11.3 Å². The van der Waals surface area contributed by atoms with Crippen LogP contribution >= 0.6 is 11.3 Å². The highest BCUT2D eigenvalue weighted by Gasteiger charge is 2.22. The molecule has 12 aromatic rings. The molecule has 0 aliphatic rings. The number of hydrogen-bond acceptors (Lipinski definition) is 5. The Labute approximate surface area is 330 Å². The summed E-state index contributed by atoms with van der Waals surface area (Å²) in [6, 6.07) is 63.8. The smallest absolute Gasteiger partial charge is 0.167 e. The fourth-order valence-corrected chi connectivity index (χ4v) is 9.65. The minimum atomic E-state index is 0.556. The lowest BCUT2D eigenvalue weighted by molar-refractivity contribution is 0.669. The van der Waals surface area contributed by atoms with Gasteiger partial charge in [0, 0.05) is 52.8 Å². The van der Waals surface area contributed by atoms with Gasteiger partial charge in [0.2, 0.25) is 0 Å². The highest BCUT2D eigenvalue weighted by Crippen LogP contribution is 2.42. The fraction of sp³-hybridized carbons (Fsp3) is 0. The number of furan rings is 1. The molecule has 0 bridgehead atoms. The van der Waals surface area contributed by atoms with Crippen LogP contribution in [0.25, 0.3) is 115 Å². The highest BCUT2D eigenvalue weighted by atomic mass is 32.1. The number of para-hydroxylation sites is 4. The number of hydrogen-bond donors (Lipinski definition) is 0. The molecule has 0 aliphatic heterocycles. The second-order valence-corrected chi connectivity index (χ2v) is 15.4. The lowest BCUT2D eigenvalue weighted by Gasteiger charge is -2.15. The Morgan fingerprint density at radius 1 is 0.404 bits per heavy atom. The highest BCUT2D eigenvalue weighted by molar-refractivity contribution is 7.25. The third-order valence-corrected chi connectivity index (χ3v) is 12.2.